The number of nitrogens with one attached hydrogen (secondary N) is 1. The molecule has 0 aromatic carbocycles. The summed E-state index contributed by atoms with van der Waals surface area (Å²) < 4.78 is 0. The fourth-order valence-corrected chi connectivity index (χ4v) is 2.29. The molecular formula is C15H27N3. The van der Waals surface area contributed by atoms with Crippen LogP contribution in [0.5, 0.6) is 0 Å². The van der Waals surface area contributed by atoms with Crippen molar-refractivity contribution in [3.63, 3.8) is 0 Å². The van der Waals surface area contributed by atoms with Crippen LogP contribution in [-0.2, 0) is 0 Å². The smallest absolute Gasteiger partial charge is 0.0315 e. The van der Waals surface area contributed by atoms with Gasteiger partial charge >= 0.3 is 0 Å². The van der Waals surface area contributed by atoms with Crippen molar-refractivity contribution in [3.05, 3.63) is 30.1 Å². The van der Waals surface area contributed by atoms with Crippen LogP contribution < -0.4 is 5.32 Å². The van der Waals surface area contributed by atoms with Crippen LogP contribution in [0.2, 0.25) is 0 Å². The zero-order valence-corrected chi connectivity index (χ0v) is 12.4. The molecule has 1 heterocycles. The Kier molecular flexibility index (Phi) is 6.30. The lowest BCUT2D eigenvalue weighted by molar-refractivity contribution is 0.290. The average molecular weight is 249 g/mol. The second-order valence-corrected chi connectivity index (χ2v) is 5.76. The maximum absolute atomic E-state index is 4.18. The molecule has 0 aliphatic rings. The van der Waals surface area contributed by atoms with Gasteiger partial charge in [0.2, 0.25) is 0 Å². The quantitative estimate of drug-likeness (QED) is 0.805. The second-order valence-electron chi connectivity index (χ2n) is 5.76. The summed E-state index contributed by atoms with van der Waals surface area (Å²) >= 11 is 0. The Morgan fingerprint density at radius 3 is 2.50 bits per heavy atom. The lowest BCUT2D eigenvalue weighted by atomic mass is 10.0. The standard InChI is InChI=1S/C15H27N3/c1-12(2)9-15(11-18(4)5)17-13(3)14-7-6-8-16-10-14/h6-8,10,12-13,15,17H,9,11H2,1-5H3. The van der Waals surface area contributed by atoms with E-state index < -0.39 is 0 Å². The molecule has 0 saturated carbocycles. The topological polar surface area (TPSA) is 28.2 Å². The van der Waals surface area contributed by atoms with Crippen LogP contribution in [-0.4, -0.2) is 36.6 Å². The first kappa shape index (κ1) is 15.1. The molecule has 0 aliphatic carbocycles. The van der Waals surface area contributed by atoms with Crippen LogP contribution in [0.25, 0.3) is 0 Å². The van der Waals surface area contributed by atoms with E-state index in [1.165, 1.54) is 12.0 Å². The minimum atomic E-state index is 0.349. The molecule has 0 saturated heterocycles. The minimum Gasteiger partial charge on any atom is -0.308 e. The fourth-order valence-electron chi connectivity index (χ4n) is 2.29. The molecule has 0 fully saturated rings. The molecule has 0 amide bonds. The van der Waals surface area contributed by atoms with Crippen molar-refractivity contribution in [1.29, 1.82) is 0 Å². The summed E-state index contributed by atoms with van der Waals surface area (Å²) in [6.45, 7) is 7.83. The highest BCUT2D eigenvalue weighted by molar-refractivity contribution is 5.13. The lowest BCUT2D eigenvalue weighted by Gasteiger charge is -2.27. The Morgan fingerprint density at radius 1 is 1.28 bits per heavy atom. The lowest BCUT2D eigenvalue weighted by Crippen LogP contribution is -2.40. The summed E-state index contributed by atoms with van der Waals surface area (Å²) in [5.41, 5.74) is 1.25. The molecule has 0 spiro atoms. The predicted molar refractivity (Wildman–Crippen MR) is 77.6 cm³/mol. The molecule has 3 heteroatoms. The van der Waals surface area contributed by atoms with E-state index in [0.29, 0.717) is 18.0 Å². The molecule has 0 bridgehead atoms. The van der Waals surface area contributed by atoms with E-state index in [-0.39, 0.29) is 0 Å². The molecule has 1 aromatic rings. The Bertz CT molecular complexity index is 312. The summed E-state index contributed by atoms with van der Waals surface area (Å²) in [6.07, 6.45) is 4.96. The van der Waals surface area contributed by atoms with Gasteiger partial charge in [-0.1, -0.05) is 19.9 Å². The van der Waals surface area contributed by atoms with Crippen LogP contribution in [0.15, 0.2) is 24.5 Å². The molecule has 102 valence electrons. The summed E-state index contributed by atoms with van der Waals surface area (Å²) in [6, 6.07) is 5.00. The highest BCUT2D eigenvalue weighted by Crippen LogP contribution is 2.14. The third-order valence-corrected chi connectivity index (χ3v) is 3.01. The molecular weight excluding hydrogens is 222 g/mol. The van der Waals surface area contributed by atoms with Gasteiger partial charge in [-0.25, -0.2) is 0 Å². The monoisotopic (exact) mass is 249 g/mol. The van der Waals surface area contributed by atoms with Gasteiger partial charge in [-0.3, -0.25) is 4.98 Å². The largest absolute Gasteiger partial charge is 0.308 e. The number of likely N-dealkylation sites (N-methyl/N-ethyl adjacent to an activating group) is 1. The van der Waals surface area contributed by atoms with Crippen LogP contribution in [0.1, 0.15) is 38.8 Å². The Hall–Kier alpha value is -0.930. The van der Waals surface area contributed by atoms with E-state index in [1.54, 1.807) is 0 Å². The van der Waals surface area contributed by atoms with Crippen molar-refractivity contribution in [2.75, 3.05) is 20.6 Å². The van der Waals surface area contributed by atoms with Crippen LogP contribution in [0.3, 0.4) is 0 Å². The van der Waals surface area contributed by atoms with Gasteiger partial charge in [0.25, 0.3) is 0 Å². The molecule has 0 aliphatic heterocycles. The molecule has 18 heavy (non-hydrogen) atoms. The third kappa shape index (κ3) is 5.61. The van der Waals surface area contributed by atoms with Gasteiger partial charge < -0.3 is 10.2 Å². The van der Waals surface area contributed by atoms with Crippen molar-refractivity contribution >= 4 is 0 Å². The third-order valence-electron chi connectivity index (χ3n) is 3.01. The van der Waals surface area contributed by atoms with Crippen molar-refractivity contribution in [3.8, 4) is 0 Å². The van der Waals surface area contributed by atoms with E-state index in [4.69, 9.17) is 0 Å². The number of hydrogen-bond donors (Lipinski definition) is 1. The fraction of sp³-hybridized carbons (Fsp3) is 0.667. The number of hydrogen-bond acceptors (Lipinski definition) is 3. The normalized spacial score (nSPS) is 15.1. The van der Waals surface area contributed by atoms with Crippen molar-refractivity contribution in [1.82, 2.24) is 15.2 Å². The maximum Gasteiger partial charge on any atom is 0.0315 e. The summed E-state index contributed by atoms with van der Waals surface area (Å²) in [5, 5.41) is 3.71. The summed E-state index contributed by atoms with van der Waals surface area (Å²) in [5.74, 6) is 0.712. The number of nitrogens with zero attached hydrogens (tertiary/aromatic N) is 2. The van der Waals surface area contributed by atoms with Crippen molar-refractivity contribution < 1.29 is 0 Å². The van der Waals surface area contributed by atoms with Crippen molar-refractivity contribution in [2.24, 2.45) is 5.92 Å². The van der Waals surface area contributed by atoms with Gasteiger partial charge in [0, 0.05) is 31.0 Å². The molecule has 2 atom stereocenters. The maximum atomic E-state index is 4.18. The summed E-state index contributed by atoms with van der Waals surface area (Å²) in [7, 11) is 4.26. The Labute approximate surface area is 112 Å². The molecule has 2 unspecified atom stereocenters. The van der Waals surface area contributed by atoms with Gasteiger partial charge in [-0.05, 0) is 45.0 Å². The first-order chi connectivity index (χ1) is 8.49. The molecule has 1 aromatic heterocycles. The minimum absolute atomic E-state index is 0.349. The Morgan fingerprint density at radius 2 is 2.00 bits per heavy atom. The first-order valence-electron chi connectivity index (χ1n) is 6.79. The van der Waals surface area contributed by atoms with Gasteiger partial charge in [-0.2, -0.15) is 0 Å². The number of aromatic nitrogens is 1. The molecule has 1 rings (SSSR count). The van der Waals surface area contributed by atoms with E-state index in [9.17, 15) is 0 Å². The summed E-state index contributed by atoms with van der Waals surface area (Å²) in [4.78, 5) is 6.43. The van der Waals surface area contributed by atoms with E-state index in [2.05, 4.69) is 56.1 Å². The van der Waals surface area contributed by atoms with E-state index in [0.717, 1.165) is 6.54 Å². The predicted octanol–water partition coefficient (Wildman–Crippen LogP) is 2.71. The van der Waals surface area contributed by atoms with E-state index >= 15 is 0 Å². The SMILES string of the molecule is CC(C)CC(CN(C)C)NC(C)c1cccnc1. The highest BCUT2D eigenvalue weighted by Gasteiger charge is 2.15. The Balaban J connectivity index is 2.59. The van der Waals surface area contributed by atoms with Gasteiger partial charge in [0.05, 0.1) is 0 Å². The van der Waals surface area contributed by atoms with Crippen LogP contribution in [0, 0.1) is 5.92 Å². The molecule has 0 radical (unpaired) electrons. The van der Waals surface area contributed by atoms with Crippen LogP contribution in [0.4, 0.5) is 0 Å². The first-order valence-corrected chi connectivity index (χ1v) is 6.79. The highest BCUT2D eigenvalue weighted by atomic mass is 15.1. The molecule has 1 N–H and O–H groups in total. The van der Waals surface area contributed by atoms with Crippen LogP contribution >= 0.6 is 0 Å². The number of rotatable bonds is 7. The molecule has 3 nitrogen and oxygen atoms in total. The van der Waals surface area contributed by atoms with E-state index in [1.807, 2.05) is 18.5 Å². The second kappa shape index (κ2) is 7.49. The van der Waals surface area contributed by atoms with Gasteiger partial charge in [-0.15, -0.1) is 0 Å². The van der Waals surface area contributed by atoms with Crippen molar-refractivity contribution in [2.45, 2.75) is 39.3 Å². The van der Waals surface area contributed by atoms with Gasteiger partial charge in [0.15, 0.2) is 0 Å². The zero-order valence-electron chi connectivity index (χ0n) is 12.4. The number of pyridine rings is 1. The average Bonchev–Trinajstić information content (AvgIpc) is 2.28. The van der Waals surface area contributed by atoms with Gasteiger partial charge in [0.1, 0.15) is 0 Å². The zero-order chi connectivity index (χ0) is 13.5.